The van der Waals surface area contributed by atoms with Gasteiger partial charge in [0.05, 0.1) is 11.3 Å². The summed E-state index contributed by atoms with van der Waals surface area (Å²) >= 11 is 0. The number of fused-ring (bicyclic) bond motifs is 3. The number of ketones is 1. The van der Waals surface area contributed by atoms with E-state index in [0.29, 0.717) is 29.0 Å². The highest BCUT2D eigenvalue weighted by atomic mass is 16.5. The predicted octanol–water partition coefficient (Wildman–Crippen LogP) is 2.99. The van der Waals surface area contributed by atoms with Crippen molar-refractivity contribution in [2.45, 2.75) is 13.2 Å². The lowest BCUT2D eigenvalue weighted by molar-refractivity contribution is -0.140. The van der Waals surface area contributed by atoms with Crippen molar-refractivity contribution < 1.29 is 19.1 Å². The molecule has 4 rings (SSSR count). The van der Waals surface area contributed by atoms with E-state index in [4.69, 9.17) is 9.47 Å². The summed E-state index contributed by atoms with van der Waals surface area (Å²) in [6, 6.07) is 15.3. The van der Waals surface area contributed by atoms with Crippen LogP contribution in [0, 0.1) is 0 Å². The Balaban J connectivity index is 1.68. The minimum absolute atomic E-state index is 0.0921. The highest BCUT2D eigenvalue weighted by molar-refractivity contribution is 6.44. The van der Waals surface area contributed by atoms with Crippen LogP contribution in [0.15, 0.2) is 48.5 Å². The van der Waals surface area contributed by atoms with Gasteiger partial charge in [-0.2, -0.15) is 0 Å². The third-order valence-corrected chi connectivity index (χ3v) is 3.86. The van der Waals surface area contributed by atoms with Crippen LogP contribution in [0.1, 0.15) is 21.6 Å². The molecule has 1 aromatic heterocycles. The molecular formula is C18H13NO4. The number of hydrogen-bond acceptors (Lipinski definition) is 4. The normalized spacial score (nSPS) is 13.7. The van der Waals surface area contributed by atoms with E-state index in [2.05, 4.69) is 4.98 Å². The largest absolute Gasteiger partial charge is 0.489 e. The van der Waals surface area contributed by atoms with Crippen LogP contribution < -0.4 is 4.74 Å². The molecule has 0 unspecified atom stereocenters. The van der Waals surface area contributed by atoms with Gasteiger partial charge in [0.25, 0.3) is 5.78 Å². The smallest absolute Gasteiger partial charge is 0.380 e. The third-order valence-electron chi connectivity index (χ3n) is 3.86. The topological polar surface area (TPSA) is 68.4 Å². The van der Waals surface area contributed by atoms with E-state index in [9.17, 15) is 9.59 Å². The highest BCUT2D eigenvalue weighted by Crippen LogP contribution is 2.30. The minimum Gasteiger partial charge on any atom is -0.489 e. The first-order valence-electron chi connectivity index (χ1n) is 7.25. The van der Waals surface area contributed by atoms with Gasteiger partial charge < -0.3 is 14.5 Å². The van der Waals surface area contributed by atoms with Crippen LogP contribution in [0.5, 0.6) is 5.75 Å². The second kappa shape index (κ2) is 5.28. The Morgan fingerprint density at radius 1 is 1.09 bits per heavy atom. The first-order valence-corrected chi connectivity index (χ1v) is 7.25. The second-order valence-corrected chi connectivity index (χ2v) is 5.37. The molecule has 0 atom stereocenters. The average molecular weight is 307 g/mol. The zero-order valence-corrected chi connectivity index (χ0v) is 12.2. The molecule has 1 aliphatic heterocycles. The molecule has 1 aliphatic rings. The van der Waals surface area contributed by atoms with Crippen molar-refractivity contribution in [2.24, 2.45) is 0 Å². The fourth-order valence-electron chi connectivity index (χ4n) is 2.73. The molecule has 0 spiro atoms. The van der Waals surface area contributed by atoms with Crippen molar-refractivity contribution in [1.82, 2.24) is 4.98 Å². The van der Waals surface area contributed by atoms with E-state index in [1.54, 1.807) is 6.07 Å². The lowest BCUT2D eigenvalue weighted by atomic mass is 10.0. The van der Waals surface area contributed by atoms with Crippen LogP contribution in [0.3, 0.4) is 0 Å². The number of ether oxygens (including phenoxy) is 2. The SMILES string of the molecule is O=C1OCc2[nH]c3ccc(OCc4ccccc4)cc3c2C1=O. The Bertz CT molecular complexity index is 911. The van der Waals surface area contributed by atoms with Crippen molar-refractivity contribution in [1.29, 1.82) is 0 Å². The number of aromatic nitrogens is 1. The summed E-state index contributed by atoms with van der Waals surface area (Å²) in [6.07, 6.45) is 0. The number of carbonyl (C=O) groups excluding carboxylic acids is 2. The van der Waals surface area contributed by atoms with Crippen LogP contribution >= 0.6 is 0 Å². The van der Waals surface area contributed by atoms with Gasteiger partial charge in [0, 0.05) is 10.9 Å². The Kier molecular flexibility index (Phi) is 3.12. The number of hydrogen-bond donors (Lipinski definition) is 1. The molecule has 23 heavy (non-hydrogen) atoms. The Morgan fingerprint density at radius 2 is 1.91 bits per heavy atom. The van der Waals surface area contributed by atoms with Crippen molar-refractivity contribution in [3.8, 4) is 5.75 Å². The summed E-state index contributed by atoms with van der Waals surface area (Å²) < 4.78 is 10.6. The molecule has 2 aromatic carbocycles. The molecule has 3 aromatic rings. The first kappa shape index (κ1) is 13.6. The number of H-pyrrole nitrogens is 1. The molecule has 0 aliphatic carbocycles. The van der Waals surface area contributed by atoms with Crippen molar-refractivity contribution in [2.75, 3.05) is 0 Å². The van der Waals surface area contributed by atoms with Gasteiger partial charge in [-0.25, -0.2) is 4.79 Å². The van der Waals surface area contributed by atoms with Crippen molar-refractivity contribution in [3.63, 3.8) is 0 Å². The van der Waals surface area contributed by atoms with Crippen LogP contribution in [0.4, 0.5) is 0 Å². The van der Waals surface area contributed by atoms with Gasteiger partial charge >= 0.3 is 5.97 Å². The number of benzene rings is 2. The maximum Gasteiger partial charge on any atom is 0.380 e. The first-order chi connectivity index (χ1) is 11.2. The van der Waals surface area contributed by atoms with Gasteiger partial charge in [0.15, 0.2) is 0 Å². The fraction of sp³-hybridized carbons (Fsp3) is 0.111. The monoisotopic (exact) mass is 307 g/mol. The Morgan fingerprint density at radius 3 is 2.74 bits per heavy atom. The van der Waals surface area contributed by atoms with Gasteiger partial charge in [-0.15, -0.1) is 0 Å². The molecule has 0 fully saturated rings. The number of nitrogens with one attached hydrogen (secondary N) is 1. The molecule has 114 valence electrons. The second-order valence-electron chi connectivity index (χ2n) is 5.37. The number of esters is 1. The number of carbonyl (C=O) groups is 2. The zero-order chi connectivity index (χ0) is 15.8. The Labute approximate surface area is 131 Å². The highest BCUT2D eigenvalue weighted by Gasteiger charge is 2.30. The summed E-state index contributed by atoms with van der Waals surface area (Å²) in [6.45, 7) is 0.531. The minimum atomic E-state index is -0.811. The van der Waals surface area contributed by atoms with E-state index in [1.165, 1.54) is 0 Å². The molecule has 0 saturated carbocycles. The molecule has 5 heteroatoms. The lowest BCUT2D eigenvalue weighted by Gasteiger charge is -2.10. The maximum absolute atomic E-state index is 12.0. The number of rotatable bonds is 3. The van der Waals surface area contributed by atoms with Gasteiger partial charge in [-0.1, -0.05) is 30.3 Å². The van der Waals surface area contributed by atoms with Crippen LogP contribution in [-0.2, 0) is 22.7 Å². The van der Waals surface area contributed by atoms with Gasteiger partial charge in [-0.3, -0.25) is 4.79 Å². The van der Waals surface area contributed by atoms with E-state index in [-0.39, 0.29) is 6.61 Å². The molecule has 0 saturated heterocycles. The van der Waals surface area contributed by atoms with E-state index >= 15 is 0 Å². The summed E-state index contributed by atoms with van der Waals surface area (Å²) in [7, 11) is 0. The van der Waals surface area contributed by atoms with Crippen LogP contribution in [-0.4, -0.2) is 16.7 Å². The molecule has 0 amide bonds. The molecule has 0 bridgehead atoms. The fourth-order valence-corrected chi connectivity index (χ4v) is 2.73. The number of cyclic esters (lactones) is 1. The van der Waals surface area contributed by atoms with Crippen molar-refractivity contribution in [3.05, 3.63) is 65.4 Å². The number of Topliss-reactive ketones (excluding diaryl/α,β-unsaturated/α-hetero) is 1. The summed E-state index contributed by atoms with van der Waals surface area (Å²) in [5.74, 6) is -0.776. The average Bonchev–Trinajstić information content (AvgIpc) is 2.96. The molecular weight excluding hydrogens is 294 g/mol. The summed E-state index contributed by atoms with van der Waals surface area (Å²) in [4.78, 5) is 26.6. The predicted molar refractivity (Wildman–Crippen MR) is 83.2 cm³/mol. The lowest BCUT2D eigenvalue weighted by Crippen LogP contribution is -2.23. The van der Waals surface area contributed by atoms with Crippen molar-refractivity contribution >= 4 is 22.7 Å². The number of aromatic amines is 1. The van der Waals surface area contributed by atoms with E-state index < -0.39 is 11.8 Å². The van der Waals surface area contributed by atoms with Gasteiger partial charge in [0.2, 0.25) is 0 Å². The zero-order valence-electron chi connectivity index (χ0n) is 12.2. The van der Waals surface area contributed by atoms with Crippen LogP contribution in [0.2, 0.25) is 0 Å². The standard InChI is InChI=1S/C18H13NO4/c20-17-16-13-8-12(22-9-11-4-2-1-3-5-11)6-7-14(13)19-15(16)10-23-18(17)21/h1-8,19H,9-10H2. The summed E-state index contributed by atoms with van der Waals surface area (Å²) in [5, 5.41) is 0.687. The maximum atomic E-state index is 12.0. The van der Waals surface area contributed by atoms with E-state index in [0.717, 1.165) is 11.1 Å². The van der Waals surface area contributed by atoms with Crippen LogP contribution in [0.25, 0.3) is 10.9 Å². The third kappa shape index (κ3) is 2.36. The van der Waals surface area contributed by atoms with E-state index in [1.807, 2.05) is 42.5 Å². The Hall–Kier alpha value is -3.08. The van der Waals surface area contributed by atoms with Gasteiger partial charge in [-0.05, 0) is 23.8 Å². The summed E-state index contributed by atoms with van der Waals surface area (Å²) in [5.41, 5.74) is 2.86. The molecule has 1 N–H and O–H groups in total. The quantitative estimate of drug-likeness (QED) is 0.596. The molecule has 2 heterocycles. The molecule has 0 radical (unpaired) electrons. The van der Waals surface area contributed by atoms with Gasteiger partial charge in [0.1, 0.15) is 19.0 Å². The molecule has 5 nitrogen and oxygen atoms in total.